The molecule has 3 heteroatoms. The molecule has 124 valence electrons. The van der Waals surface area contributed by atoms with Gasteiger partial charge in [-0.05, 0) is 62.3 Å². The molecule has 2 fully saturated rings. The lowest BCUT2D eigenvalue weighted by Gasteiger charge is -2.44. The molecule has 1 saturated heterocycles. The molecule has 1 heterocycles. The van der Waals surface area contributed by atoms with Gasteiger partial charge in [0.1, 0.15) is 0 Å². The smallest absolute Gasteiger partial charge is 0.0698 e. The van der Waals surface area contributed by atoms with Gasteiger partial charge in [0.25, 0.3) is 0 Å². The van der Waals surface area contributed by atoms with Crippen LogP contribution in [0.3, 0.4) is 0 Å². The number of hydrogen-bond acceptors (Lipinski definition) is 3. The molecule has 21 heavy (non-hydrogen) atoms. The largest absolute Gasteiger partial charge is 0.380 e. The maximum Gasteiger partial charge on any atom is 0.0698 e. The summed E-state index contributed by atoms with van der Waals surface area (Å²) >= 11 is 0. The van der Waals surface area contributed by atoms with Gasteiger partial charge in [-0.25, -0.2) is 0 Å². The van der Waals surface area contributed by atoms with E-state index in [1.54, 1.807) is 0 Å². The van der Waals surface area contributed by atoms with Crippen LogP contribution in [0.5, 0.6) is 0 Å². The molecule has 0 aromatic heterocycles. The van der Waals surface area contributed by atoms with Crippen LogP contribution < -0.4 is 5.73 Å². The maximum atomic E-state index is 6.16. The highest BCUT2D eigenvalue weighted by atomic mass is 16.5. The third-order valence-corrected chi connectivity index (χ3v) is 5.99. The van der Waals surface area contributed by atoms with Crippen molar-refractivity contribution >= 4 is 0 Å². The zero-order valence-electron chi connectivity index (χ0n) is 14.6. The van der Waals surface area contributed by atoms with Crippen LogP contribution >= 0.6 is 0 Å². The van der Waals surface area contributed by atoms with Crippen LogP contribution in [-0.4, -0.2) is 43.8 Å². The van der Waals surface area contributed by atoms with E-state index in [-0.39, 0.29) is 0 Å². The number of piperidine rings is 1. The number of nitrogens with two attached hydrogens (primary N) is 1. The van der Waals surface area contributed by atoms with Crippen LogP contribution in [0.25, 0.3) is 0 Å². The second-order valence-electron chi connectivity index (χ2n) is 8.28. The molecule has 0 radical (unpaired) electrons. The Morgan fingerprint density at radius 3 is 2.33 bits per heavy atom. The summed E-state index contributed by atoms with van der Waals surface area (Å²) < 4.78 is 5.58. The molecule has 0 spiro atoms. The lowest BCUT2D eigenvalue weighted by Crippen LogP contribution is -2.52. The molecule has 0 aromatic rings. The first-order valence-electron chi connectivity index (χ1n) is 8.92. The van der Waals surface area contributed by atoms with Gasteiger partial charge in [-0.3, -0.25) is 4.90 Å². The Kier molecular flexibility index (Phi) is 6.10. The molecule has 0 bridgehead atoms. The second-order valence-corrected chi connectivity index (χ2v) is 8.28. The van der Waals surface area contributed by atoms with Gasteiger partial charge in [-0.15, -0.1) is 0 Å². The van der Waals surface area contributed by atoms with Gasteiger partial charge in [-0.1, -0.05) is 20.8 Å². The van der Waals surface area contributed by atoms with Crippen molar-refractivity contribution in [2.24, 2.45) is 23.0 Å². The zero-order chi connectivity index (χ0) is 15.5. The van der Waals surface area contributed by atoms with Gasteiger partial charge in [0.2, 0.25) is 0 Å². The van der Waals surface area contributed by atoms with Crippen molar-refractivity contribution in [1.82, 2.24) is 4.90 Å². The third kappa shape index (κ3) is 4.43. The third-order valence-electron chi connectivity index (χ3n) is 5.99. The number of methoxy groups -OCH3 is 1. The van der Waals surface area contributed by atoms with E-state index in [9.17, 15) is 0 Å². The van der Waals surface area contributed by atoms with Crippen molar-refractivity contribution < 1.29 is 4.74 Å². The van der Waals surface area contributed by atoms with E-state index < -0.39 is 0 Å². The highest BCUT2D eigenvalue weighted by Gasteiger charge is 2.35. The van der Waals surface area contributed by atoms with E-state index >= 15 is 0 Å². The summed E-state index contributed by atoms with van der Waals surface area (Å²) in [5.41, 5.74) is 6.63. The summed E-state index contributed by atoms with van der Waals surface area (Å²) in [5, 5.41) is 0. The molecule has 1 saturated carbocycles. The fourth-order valence-corrected chi connectivity index (χ4v) is 4.47. The first-order valence-corrected chi connectivity index (χ1v) is 8.92. The Morgan fingerprint density at radius 1 is 1.14 bits per heavy atom. The first-order chi connectivity index (χ1) is 9.95. The Hall–Kier alpha value is -0.120. The Labute approximate surface area is 131 Å². The molecule has 2 atom stereocenters. The lowest BCUT2D eigenvalue weighted by atomic mass is 9.68. The summed E-state index contributed by atoms with van der Waals surface area (Å²) in [5.74, 6) is 1.68. The van der Waals surface area contributed by atoms with Crippen molar-refractivity contribution in [3.8, 4) is 0 Å². The van der Waals surface area contributed by atoms with E-state index in [2.05, 4.69) is 25.7 Å². The van der Waals surface area contributed by atoms with Crippen molar-refractivity contribution in [2.75, 3.05) is 26.7 Å². The zero-order valence-corrected chi connectivity index (χ0v) is 14.6. The summed E-state index contributed by atoms with van der Waals surface area (Å²) in [6.45, 7) is 10.3. The van der Waals surface area contributed by atoms with Crippen molar-refractivity contribution in [3.05, 3.63) is 0 Å². The van der Waals surface area contributed by atoms with Crippen LogP contribution in [0.15, 0.2) is 0 Å². The number of rotatable bonds is 4. The SMILES string of the molecule is COC1CCCN(C(CN)C2CCC(C(C)(C)C)CC2)C1. The van der Waals surface area contributed by atoms with Crippen molar-refractivity contribution in [1.29, 1.82) is 0 Å². The lowest BCUT2D eigenvalue weighted by molar-refractivity contribution is -0.00422. The van der Waals surface area contributed by atoms with Gasteiger partial charge in [0.05, 0.1) is 6.10 Å². The van der Waals surface area contributed by atoms with Gasteiger partial charge in [-0.2, -0.15) is 0 Å². The number of hydrogen-bond donors (Lipinski definition) is 1. The minimum Gasteiger partial charge on any atom is -0.380 e. The molecule has 0 amide bonds. The normalized spacial score (nSPS) is 33.9. The quantitative estimate of drug-likeness (QED) is 0.865. The van der Waals surface area contributed by atoms with Crippen LogP contribution in [0.4, 0.5) is 0 Å². The monoisotopic (exact) mass is 296 g/mol. The van der Waals surface area contributed by atoms with E-state index in [1.807, 2.05) is 7.11 Å². The molecule has 2 N–H and O–H groups in total. The van der Waals surface area contributed by atoms with E-state index in [1.165, 1.54) is 45.1 Å². The average molecular weight is 296 g/mol. The molecule has 2 aliphatic rings. The maximum absolute atomic E-state index is 6.16. The molecule has 2 unspecified atom stereocenters. The molecular formula is C18H36N2O. The summed E-state index contributed by atoms with van der Waals surface area (Å²) in [7, 11) is 1.85. The first kappa shape index (κ1) is 17.2. The van der Waals surface area contributed by atoms with Crippen LogP contribution in [0.2, 0.25) is 0 Å². The minimum absolute atomic E-state index is 0.415. The predicted octanol–water partition coefficient (Wildman–Crippen LogP) is 3.28. The standard InChI is InChI=1S/C18H36N2O/c1-18(2,3)15-9-7-14(8-10-15)17(12-19)20-11-5-6-16(13-20)21-4/h14-17H,5-13,19H2,1-4H3. The Balaban J connectivity index is 1.90. The summed E-state index contributed by atoms with van der Waals surface area (Å²) in [6.07, 6.45) is 8.36. The number of nitrogens with zero attached hydrogens (tertiary/aromatic N) is 1. The average Bonchev–Trinajstić information content (AvgIpc) is 2.48. The van der Waals surface area contributed by atoms with Crippen molar-refractivity contribution in [3.63, 3.8) is 0 Å². The Bertz CT molecular complexity index is 305. The number of likely N-dealkylation sites (tertiary alicyclic amines) is 1. The fourth-order valence-electron chi connectivity index (χ4n) is 4.47. The molecular weight excluding hydrogens is 260 g/mol. The minimum atomic E-state index is 0.415. The molecule has 1 aliphatic heterocycles. The van der Waals surface area contributed by atoms with Gasteiger partial charge in [0.15, 0.2) is 0 Å². The molecule has 0 aromatic carbocycles. The van der Waals surface area contributed by atoms with Crippen LogP contribution in [0.1, 0.15) is 59.3 Å². The van der Waals surface area contributed by atoms with E-state index in [4.69, 9.17) is 10.5 Å². The van der Waals surface area contributed by atoms with E-state index in [0.717, 1.165) is 24.9 Å². The second kappa shape index (κ2) is 7.43. The number of ether oxygens (including phenoxy) is 1. The van der Waals surface area contributed by atoms with Crippen LogP contribution in [0, 0.1) is 17.3 Å². The van der Waals surface area contributed by atoms with Gasteiger partial charge in [0, 0.05) is 26.2 Å². The molecule has 1 aliphatic carbocycles. The predicted molar refractivity (Wildman–Crippen MR) is 89.3 cm³/mol. The van der Waals surface area contributed by atoms with Gasteiger partial charge >= 0.3 is 0 Å². The summed E-state index contributed by atoms with van der Waals surface area (Å²) in [4.78, 5) is 2.62. The van der Waals surface area contributed by atoms with Gasteiger partial charge < -0.3 is 10.5 Å². The highest BCUT2D eigenvalue weighted by Crippen LogP contribution is 2.41. The van der Waals surface area contributed by atoms with Crippen LogP contribution in [-0.2, 0) is 4.74 Å². The molecule has 2 rings (SSSR count). The highest BCUT2D eigenvalue weighted by molar-refractivity contribution is 4.89. The van der Waals surface area contributed by atoms with E-state index in [0.29, 0.717) is 17.6 Å². The van der Waals surface area contributed by atoms with Crippen molar-refractivity contribution in [2.45, 2.75) is 71.4 Å². The molecule has 3 nitrogen and oxygen atoms in total. The fraction of sp³-hybridized carbons (Fsp3) is 1.00. The topological polar surface area (TPSA) is 38.5 Å². The summed E-state index contributed by atoms with van der Waals surface area (Å²) in [6, 6.07) is 0.573. The Morgan fingerprint density at radius 2 is 1.81 bits per heavy atom.